The van der Waals surface area contributed by atoms with Gasteiger partial charge in [-0.15, -0.1) is 0 Å². The predicted molar refractivity (Wildman–Crippen MR) is 87.4 cm³/mol. The molecule has 1 aromatic rings. The number of hydrogen-bond donors (Lipinski definition) is 2. The number of aliphatic hydroxyl groups is 1. The highest BCUT2D eigenvalue weighted by molar-refractivity contribution is 5.60. The summed E-state index contributed by atoms with van der Waals surface area (Å²) in [6.07, 6.45) is 3.26. The zero-order chi connectivity index (χ0) is 15.5. The highest BCUT2D eigenvalue weighted by Crippen LogP contribution is 2.22. The van der Waals surface area contributed by atoms with Gasteiger partial charge in [0, 0.05) is 19.6 Å². The van der Waals surface area contributed by atoms with Crippen LogP contribution >= 0.6 is 0 Å². The molecule has 2 N–H and O–H groups in total. The summed E-state index contributed by atoms with van der Waals surface area (Å²) in [4.78, 5) is 2.10. The van der Waals surface area contributed by atoms with Gasteiger partial charge in [-0.1, -0.05) is 26.3 Å². The van der Waals surface area contributed by atoms with Crippen LogP contribution in [0.3, 0.4) is 0 Å². The van der Waals surface area contributed by atoms with Gasteiger partial charge in [-0.05, 0) is 37.1 Å². The fourth-order valence-corrected chi connectivity index (χ4v) is 2.29. The van der Waals surface area contributed by atoms with Gasteiger partial charge in [-0.3, -0.25) is 0 Å². The second-order valence-electron chi connectivity index (χ2n) is 5.20. The fraction of sp³-hybridized carbons (Fsp3) is 0.588. The second-order valence-corrected chi connectivity index (χ2v) is 5.20. The van der Waals surface area contributed by atoms with Gasteiger partial charge in [0.15, 0.2) is 0 Å². The van der Waals surface area contributed by atoms with Crippen LogP contribution in [0.15, 0.2) is 18.2 Å². The Morgan fingerprint density at radius 1 is 1.24 bits per heavy atom. The van der Waals surface area contributed by atoms with Gasteiger partial charge < -0.3 is 15.3 Å². The third-order valence-corrected chi connectivity index (χ3v) is 3.43. The van der Waals surface area contributed by atoms with E-state index >= 15 is 0 Å². The van der Waals surface area contributed by atoms with E-state index in [-0.39, 0.29) is 6.61 Å². The van der Waals surface area contributed by atoms with Crippen molar-refractivity contribution in [3.63, 3.8) is 0 Å². The van der Waals surface area contributed by atoms with E-state index in [0.29, 0.717) is 12.1 Å². The minimum absolute atomic E-state index is 0.106. The predicted octanol–water partition coefficient (Wildman–Crippen LogP) is 2.66. The molecular weight excluding hydrogens is 262 g/mol. The van der Waals surface area contributed by atoms with E-state index in [1.165, 1.54) is 0 Å². The van der Waals surface area contributed by atoms with Crippen LogP contribution in [0.25, 0.3) is 0 Å². The van der Waals surface area contributed by atoms with Crippen molar-refractivity contribution < 1.29 is 5.11 Å². The van der Waals surface area contributed by atoms with Crippen molar-refractivity contribution in [2.45, 2.75) is 39.7 Å². The molecule has 0 aliphatic heterocycles. The minimum atomic E-state index is 0.106. The molecule has 0 atom stereocenters. The average molecular weight is 289 g/mol. The smallest absolute Gasteiger partial charge is 0.101 e. The van der Waals surface area contributed by atoms with Crippen LogP contribution < -0.4 is 10.2 Å². The van der Waals surface area contributed by atoms with Gasteiger partial charge in [0.25, 0.3) is 0 Å². The summed E-state index contributed by atoms with van der Waals surface area (Å²) < 4.78 is 0. The van der Waals surface area contributed by atoms with Crippen molar-refractivity contribution in [1.82, 2.24) is 5.32 Å². The van der Waals surface area contributed by atoms with E-state index in [9.17, 15) is 10.4 Å². The lowest BCUT2D eigenvalue weighted by Crippen LogP contribution is -2.28. The minimum Gasteiger partial charge on any atom is -0.395 e. The van der Waals surface area contributed by atoms with Crippen LogP contribution in [0.4, 0.5) is 5.69 Å². The van der Waals surface area contributed by atoms with Crippen molar-refractivity contribution in [2.75, 3.05) is 31.1 Å². The van der Waals surface area contributed by atoms with Crippen LogP contribution in [0, 0.1) is 11.3 Å². The first-order chi connectivity index (χ1) is 10.3. The molecule has 21 heavy (non-hydrogen) atoms. The van der Waals surface area contributed by atoms with E-state index < -0.39 is 0 Å². The SMILES string of the molecule is CCCCN(CCO)c1ccc(CNCCC)cc1C#N. The summed E-state index contributed by atoms with van der Waals surface area (Å²) in [5.74, 6) is 0. The summed E-state index contributed by atoms with van der Waals surface area (Å²) in [5.41, 5.74) is 2.75. The molecule has 0 heterocycles. The number of aliphatic hydroxyl groups excluding tert-OH is 1. The molecular formula is C17H27N3O. The molecule has 0 fully saturated rings. The maximum atomic E-state index is 9.40. The van der Waals surface area contributed by atoms with Crippen LogP contribution in [0.5, 0.6) is 0 Å². The third kappa shape index (κ3) is 5.74. The fourth-order valence-electron chi connectivity index (χ4n) is 2.29. The Bertz CT molecular complexity index is 454. The highest BCUT2D eigenvalue weighted by atomic mass is 16.3. The Morgan fingerprint density at radius 3 is 2.67 bits per heavy atom. The Morgan fingerprint density at radius 2 is 2.05 bits per heavy atom. The molecule has 0 aliphatic rings. The molecule has 1 rings (SSSR count). The lowest BCUT2D eigenvalue weighted by Gasteiger charge is -2.25. The summed E-state index contributed by atoms with van der Waals surface area (Å²) >= 11 is 0. The number of nitriles is 1. The lowest BCUT2D eigenvalue weighted by atomic mass is 10.1. The van der Waals surface area contributed by atoms with Crippen LogP contribution in [0.1, 0.15) is 44.2 Å². The lowest BCUT2D eigenvalue weighted by molar-refractivity contribution is 0.301. The molecule has 0 amide bonds. The van der Waals surface area contributed by atoms with Gasteiger partial charge in [0.1, 0.15) is 6.07 Å². The van der Waals surface area contributed by atoms with E-state index in [1.54, 1.807) is 0 Å². The third-order valence-electron chi connectivity index (χ3n) is 3.43. The van der Waals surface area contributed by atoms with Crippen molar-refractivity contribution in [3.05, 3.63) is 29.3 Å². The summed E-state index contributed by atoms with van der Waals surface area (Å²) in [6, 6.07) is 8.31. The van der Waals surface area contributed by atoms with Crippen LogP contribution in [-0.4, -0.2) is 31.3 Å². The number of nitrogens with zero attached hydrogens (tertiary/aromatic N) is 2. The van der Waals surface area contributed by atoms with Gasteiger partial charge in [-0.2, -0.15) is 5.26 Å². The zero-order valence-corrected chi connectivity index (χ0v) is 13.2. The monoisotopic (exact) mass is 289 g/mol. The zero-order valence-electron chi connectivity index (χ0n) is 13.2. The maximum Gasteiger partial charge on any atom is 0.101 e. The number of nitrogens with one attached hydrogen (secondary N) is 1. The largest absolute Gasteiger partial charge is 0.395 e. The number of benzene rings is 1. The van der Waals surface area contributed by atoms with Gasteiger partial charge in [0.2, 0.25) is 0 Å². The standard InChI is InChI=1S/C17H27N3O/c1-3-5-9-20(10-11-21)17-7-6-15(12-16(17)13-18)14-19-8-4-2/h6-7,12,19,21H,3-5,8-11,14H2,1-2H3. The second kappa shape index (κ2) is 10.2. The first-order valence-electron chi connectivity index (χ1n) is 7.86. The average Bonchev–Trinajstić information content (AvgIpc) is 2.51. The molecule has 4 nitrogen and oxygen atoms in total. The van der Waals surface area contributed by atoms with Gasteiger partial charge in [0.05, 0.1) is 17.9 Å². The first kappa shape index (κ1) is 17.5. The van der Waals surface area contributed by atoms with Crippen molar-refractivity contribution in [3.8, 4) is 6.07 Å². The molecule has 0 spiro atoms. The molecule has 4 heteroatoms. The van der Waals surface area contributed by atoms with E-state index in [2.05, 4.69) is 36.2 Å². The molecule has 0 radical (unpaired) electrons. The van der Waals surface area contributed by atoms with Crippen LogP contribution in [-0.2, 0) is 6.54 Å². The number of rotatable bonds is 10. The highest BCUT2D eigenvalue weighted by Gasteiger charge is 2.11. The first-order valence-corrected chi connectivity index (χ1v) is 7.86. The van der Waals surface area contributed by atoms with Crippen molar-refractivity contribution >= 4 is 5.69 Å². The van der Waals surface area contributed by atoms with E-state index in [1.807, 2.05) is 12.1 Å². The van der Waals surface area contributed by atoms with Gasteiger partial charge >= 0.3 is 0 Å². The van der Waals surface area contributed by atoms with E-state index in [0.717, 1.165) is 50.1 Å². The summed E-state index contributed by atoms with van der Waals surface area (Å²) in [6.45, 7) is 7.60. The molecule has 0 aliphatic carbocycles. The Hall–Kier alpha value is -1.57. The Labute approximate surface area is 128 Å². The topological polar surface area (TPSA) is 59.3 Å². The Kier molecular flexibility index (Phi) is 8.49. The summed E-state index contributed by atoms with van der Waals surface area (Å²) in [5, 5.41) is 22.0. The van der Waals surface area contributed by atoms with Crippen molar-refractivity contribution in [2.24, 2.45) is 0 Å². The maximum absolute atomic E-state index is 9.40. The molecule has 1 aromatic carbocycles. The van der Waals surface area contributed by atoms with E-state index in [4.69, 9.17) is 0 Å². The van der Waals surface area contributed by atoms with Crippen molar-refractivity contribution in [1.29, 1.82) is 5.26 Å². The molecule has 0 saturated carbocycles. The molecule has 0 aromatic heterocycles. The Balaban J connectivity index is 2.87. The molecule has 0 bridgehead atoms. The molecule has 0 saturated heterocycles. The number of anilines is 1. The summed E-state index contributed by atoms with van der Waals surface area (Å²) in [7, 11) is 0. The van der Waals surface area contributed by atoms with Crippen LogP contribution in [0.2, 0.25) is 0 Å². The molecule has 116 valence electrons. The normalized spacial score (nSPS) is 10.4. The number of unbranched alkanes of at least 4 members (excludes halogenated alkanes) is 1. The van der Waals surface area contributed by atoms with Gasteiger partial charge in [-0.25, -0.2) is 0 Å². The molecule has 0 unspecified atom stereocenters. The quantitative estimate of drug-likeness (QED) is 0.650. The number of hydrogen-bond acceptors (Lipinski definition) is 4.